The van der Waals surface area contributed by atoms with E-state index in [4.69, 9.17) is 9.72 Å². The number of hydrogen-bond acceptors (Lipinski definition) is 6. The second-order valence-electron chi connectivity index (χ2n) is 14.8. The number of amides is 2. The number of ether oxygens (including phenoxy) is 1. The van der Waals surface area contributed by atoms with Gasteiger partial charge in [-0.2, -0.15) is 0 Å². The molecule has 2 saturated heterocycles. The van der Waals surface area contributed by atoms with Gasteiger partial charge in [0, 0.05) is 36.9 Å². The maximum absolute atomic E-state index is 13.9. The summed E-state index contributed by atoms with van der Waals surface area (Å²) in [5.74, 6) is 0.420. The van der Waals surface area contributed by atoms with Gasteiger partial charge >= 0.3 is 6.09 Å². The highest BCUT2D eigenvalue weighted by Gasteiger charge is 2.36. The lowest BCUT2D eigenvalue weighted by molar-refractivity contribution is -0.120. The molecule has 0 radical (unpaired) electrons. The Morgan fingerprint density at radius 1 is 0.836 bits per heavy atom. The van der Waals surface area contributed by atoms with Gasteiger partial charge in [-0.15, -0.1) is 0 Å². The van der Waals surface area contributed by atoms with Gasteiger partial charge in [0.15, 0.2) is 0 Å². The molecule has 278 valence electrons. The number of H-pyrrole nitrogens is 1. The number of nitrogens with one attached hydrogen (secondary N) is 3. The van der Waals surface area contributed by atoms with Gasteiger partial charge in [-0.1, -0.05) is 66.7 Å². The van der Waals surface area contributed by atoms with Crippen LogP contribution < -0.4 is 15.5 Å². The summed E-state index contributed by atoms with van der Waals surface area (Å²) in [5.41, 5.74) is 10.3. The second kappa shape index (κ2) is 15.0. The van der Waals surface area contributed by atoms with Gasteiger partial charge in [-0.05, 0) is 114 Å². The molecule has 5 aromatic carbocycles. The fourth-order valence-electron chi connectivity index (χ4n) is 8.44. The third-order valence-electron chi connectivity index (χ3n) is 11.2. The summed E-state index contributed by atoms with van der Waals surface area (Å²) in [4.78, 5) is 39.1. The SMILES string of the molecule is O=C(Nc1ccc(CN(Cc2ccc3nc([C@@H]4CCCN4)[nH]c3c2)c2ccc(F)cc2)cc1)C1CCCN1C(=O)OCC1c2ccccc2-c2ccccc21. The van der Waals surface area contributed by atoms with Crippen LogP contribution in [0.1, 0.15) is 65.7 Å². The van der Waals surface area contributed by atoms with Crippen LogP contribution in [0.25, 0.3) is 22.2 Å². The quantitative estimate of drug-likeness (QED) is 0.130. The second-order valence-corrected chi connectivity index (χ2v) is 14.8. The topological polar surface area (TPSA) is 103 Å². The van der Waals surface area contributed by atoms with E-state index in [1.165, 1.54) is 23.3 Å². The number of benzene rings is 5. The molecule has 6 aromatic rings. The van der Waals surface area contributed by atoms with Crippen LogP contribution in [0.2, 0.25) is 0 Å². The van der Waals surface area contributed by atoms with E-state index >= 15 is 0 Å². The van der Waals surface area contributed by atoms with Crippen molar-refractivity contribution in [2.75, 3.05) is 29.9 Å². The molecule has 2 fully saturated rings. The van der Waals surface area contributed by atoms with Crippen molar-refractivity contribution in [2.24, 2.45) is 0 Å². The van der Waals surface area contributed by atoms with Gasteiger partial charge in [0.25, 0.3) is 0 Å². The van der Waals surface area contributed by atoms with Crippen molar-refractivity contribution in [1.29, 1.82) is 0 Å². The van der Waals surface area contributed by atoms with Gasteiger partial charge in [0.1, 0.15) is 24.3 Å². The Hall–Kier alpha value is -6.00. The number of carbonyl (C=O) groups is 2. The van der Waals surface area contributed by atoms with E-state index in [1.54, 1.807) is 17.0 Å². The minimum atomic E-state index is -0.609. The first-order valence-corrected chi connectivity index (χ1v) is 19.2. The summed E-state index contributed by atoms with van der Waals surface area (Å²) in [6.45, 7) is 2.86. The molecule has 3 aliphatic rings. The van der Waals surface area contributed by atoms with E-state index < -0.39 is 12.1 Å². The zero-order chi connectivity index (χ0) is 37.3. The van der Waals surface area contributed by atoms with Crippen molar-refractivity contribution in [1.82, 2.24) is 20.2 Å². The fourth-order valence-corrected chi connectivity index (χ4v) is 8.44. The molecule has 1 unspecified atom stereocenters. The third-order valence-corrected chi connectivity index (χ3v) is 11.2. The predicted molar refractivity (Wildman–Crippen MR) is 212 cm³/mol. The molecule has 10 heteroatoms. The zero-order valence-corrected chi connectivity index (χ0v) is 30.5. The average Bonchev–Trinajstić information content (AvgIpc) is 4.04. The Morgan fingerprint density at radius 3 is 2.27 bits per heavy atom. The summed E-state index contributed by atoms with van der Waals surface area (Å²) in [6, 6.07) is 36.8. The molecule has 3 N–H and O–H groups in total. The fraction of sp³-hybridized carbons (Fsp3) is 0.267. The molecule has 2 amide bonds. The number of halogens is 1. The Labute approximate surface area is 319 Å². The molecule has 0 bridgehead atoms. The molecular formula is C45H43FN6O3. The Balaban J connectivity index is 0.846. The number of hydrogen-bond donors (Lipinski definition) is 3. The number of anilines is 2. The van der Waals surface area contributed by atoms with Crippen LogP contribution in [0.5, 0.6) is 0 Å². The molecule has 0 saturated carbocycles. The van der Waals surface area contributed by atoms with Crippen LogP contribution in [0, 0.1) is 5.82 Å². The molecule has 55 heavy (non-hydrogen) atoms. The first-order valence-electron chi connectivity index (χ1n) is 19.2. The lowest BCUT2D eigenvalue weighted by Crippen LogP contribution is -2.43. The van der Waals surface area contributed by atoms with E-state index in [0.29, 0.717) is 31.7 Å². The van der Waals surface area contributed by atoms with Crippen LogP contribution in [-0.2, 0) is 22.6 Å². The predicted octanol–water partition coefficient (Wildman–Crippen LogP) is 8.69. The number of carbonyl (C=O) groups excluding carboxylic acids is 2. The van der Waals surface area contributed by atoms with Crippen LogP contribution in [0.4, 0.5) is 20.6 Å². The van der Waals surface area contributed by atoms with E-state index in [1.807, 2.05) is 48.5 Å². The molecule has 9 nitrogen and oxygen atoms in total. The molecule has 0 spiro atoms. The summed E-state index contributed by atoms with van der Waals surface area (Å²) in [7, 11) is 0. The van der Waals surface area contributed by atoms with Crippen LogP contribution in [-0.4, -0.2) is 52.6 Å². The van der Waals surface area contributed by atoms with Gasteiger partial charge in [0.2, 0.25) is 5.91 Å². The minimum absolute atomic E-state index is 0.0454. The third kappa shape index (κ3) is 7.17. The summed E-state index contributed by atoms with van der Waals surface area (Å²) >= 11 is 0. The lowest BCUT2D eigenvalue weighted by atomic mass is 9.98. The number of aromatic amines is 1. The number of fused-ring (bicyclic) bond motifs is 4. The number of nitrogens with zero attached hydrogens (tertiary/aromatic N) is 3. The van der Waals surface area contributed by atoms with Crippen molar-refractivity contribution in [3.63, 3.8) is 0 Å². The highest BCUT2D eigenvalue weighted by atomic mass is 19.1. The highest BCUT2D eigenvalue weighted by molar-refractivity contribution is 5.97. The Kier molecular flexibility index (Phi) is 9.49. The standard InChI is InChI=1S/C45H43FN6O3/c46-31-16-20-33(21-17-31)51(27-30-15-22-39-41(25-30)50-43(49-39)40-11-5-23-47-40)26-29-13-18-32(19-14-29)48-44(53)42-12-6-24-52(42)45(54)55-28-38-36-9-3-1-7-34(36)35-8-2-4-10-37(35)38/h1-4,7-10,13-22,25,38,40,42,47H,5-6,11-12,23-24,26-28H2,(H,48,53)(H,49,50)/t40-,42?/m0/s1. The number of imidazole rings is 1. The van der Waals surface area contributed by atoms with Crippen molar-refractivity contribution < 1.29 is 18.7 Å². The van der Waals surface area contributed by atoms with Crippen LogP contribution in [0.15, 0.2) is 115 Å². The lowest BCUT2D eigenvalue weighted by Gasteiger charge is -2.26. The monoisotopic (exact) mass is 734 g/mol. The van der Waals surface area contributed by atoms with E-state index in [0.717, 1.165) is 70.6 Å². The Morgan fingerprint density at radius 2 is 1.55 bits per heavy atom. The summed E-state index contributed by atoms with van der Waals surface area (Å²) < 4.78 is 19.8. The molecule has 2 aliphatic heterocycles. The Bertz CT molecular complexity index is 2290. The molecule has 3 heterocycles. The van der Waals surface area contributed by atoms with Crippen LogP contribution >= 0.6 is 0 Å². The zero-order valence-electron chi connectivity index (χ0n) is 30.5. The summed E-state index contributed by atoms with van der Waals surface area (Å²) in [6.07, 6.45) is 3.06. The van der Waals surface area contributed by atoms with Crippen molar-refractivity contribution >= 4 is 34.4 Å². The van der Waals surface area contributed by atoms with Gasteiger partial charge in [0.05, 0.1) is 17.1 Å². The van der Waals surface area contributed by atoms with Gasteiger partial charge < -0.3 is 25.3 Å². The van der Waals surface area contributed by atoms with Gasteiger partial charge in [-0.3, -0.25) is 9.69 Å². The maximum Gasteiger partial charge on any atom is 0.410 e. The number of rotatable bonds is 10. The van der Waals surface area contributed by atoms with Crippen molar-refractivity contribution in [2.45, 2.75) is 56.8 Å². The first kappa shape index (κ1) is 34.7. The molecule has 1 aromatic heterocycles. The average molecular weight is 735 g/mol. The number of aromatic nitrogens is 2. The first-order chi connectivity index (χ1) is 27.0. The smallest absolute Gasteiger partial charge is 0.410 e. The highest BCUT2D eigenvalue weighted by Crippen LogP contribution is 2.44. The van der Waals surface area contributed by atoms with Gasteiger partial charge in [-0.25, -0.2) is 14.2 Å². The minimum Gasteiger partial charge on any atom is -0.448 e. The largest absolute Gasteiger partial charge is 0.448 e. The molecule has 2 atom stereocenters. The van der Waals surface area contributed by atoms with Crippen molar-refractivity contribution in [3.05, 3.63) is 149 Å². The molecular weight excluding hydrogens is 692 g/mol. The van der Waals surface area contributed by atoms with E-state index in [2.05, 4.69) is 63.0 Å². The van der Waals surface area contributed by atoms with E-state index in [9.17, 15) is 14.0 Å². The maximum atomic E-state index is 13.9. The molecule has 9 rings (SSSR count). The van der Waals surface area contributed by atoms with E-state index in [-0.39, 0.29) is 30.3 Å². The van der Waals surface area contributed by atoms with Crippen molar-refractivity contribution in [3.8, 4) is 11.1 Å². The van der Waals surface area contributed by atoms with Crippen LogP contribution in [0.3, 0.4) is 0 Å². The number of likely N-dealkylation sites (tertiary alicyclic amines) is 1. The summed E-state index contributed by atoms with van der Waals surface area (Å²) in [5, 5.41) is 6.54. The molecule has 1 aliphatic carbocycles. The normalized spacial score (nSPS) is 17.7.